The SMILES string of the molecule is CCO[C@H]1OC(C(=O)Nc2cccnc2)=C[C@@H](C2CC2)[C@H]1CCCO. The van der Waals surface area contributed by atoms with E-state index in [1.165, 1.54) is 12.8 Å². The number of pyridine rings is 1. The molecule has 0 saturated heterocycles. The number of rotatable bonds is 8. The molecular weight excluding hydrogens is 320 g/mol. The third kappa shape index (κ3) is 4.58. The molecule has 6 heteroatoms. The second kappa shape index (κ2) is 8.45. The lowest BCUT2D eigenvalue weighted by atomic mass is 9.82. The van der Waals surface area contributed by atoms with E-state index in [2.05, 4.69) is 10.3 Å². The van der Waals surface area contributed by atoms with Gasteiger partial charge < -0.3 is 19.9 Å². The van der Waals surface area contributed by atoms with Crippen molar-refractivity contribution in [3.63, 3.8) is 0 Å². The second-order valence-electron chi connectivity index (χ2n) is 6.61. The zero-order valence-corrected chi connectivity index (χ0v) is 14.6. The van der Waals surface area contributed by atoms with Crippen molar-refractivity contribution in [1.29, 1.82) is 0 Å². The highest BCUT2D eigenvalue weighted by Crippen LogP contribution is 2.47. The number of nitrogens with one attached hydrogen (secondary N) is 1. The first-order chi connectivity index (χ1) is 12.2. The summed E-state index contributed by atoms with van der Waals surface area (Å²) in [7, 11) is 0. The number of allylic oxidation sites excluding steroid dienone is 1. The van der Waals surface area contributed by atoms with Gasteiger partial charge in [0.15, 0.2) is 5.76 Å². The van der Waals surface area contributed by atoms with Crippen LogP contribution in [0.5, 0.6) is 0 Å². The topological polar surface area (TPSA) is 80.7 Å². The van der Waals surface area contributed by atoms with Crippen molar-refractivity contribution in [2.24, 2.45) is 17.8 Å². The maximum absolute atomic E-state index is 12.6. The van der Waals surface area contributed by atoms with E-state index in [0.29, 0.717) is 30.4 Å². The Morgan fingerprint density at radius 1 is 1.48 bits per heavy atom. The molecule has 0 unspecified atom stereocenters. The summed E-state index contributed by atoms with van der Waals surface area (Å²) in [5.74, 6) is 1.06. The molecule has 1 aliphatic carbocycles. The van der Waals surface area contributed by atoms with Crippen LogP contribution in [0.1, 0.15) is 32.6 Å². The Hall–Kier alpha value is -1.92. The number of hydrogen-bond acceptors (Lipinski definition) is 5. The number of hydrogen-bond donors (Lipinski definition) is 2. The molecule has 0 spiro atoms. The van der Waals surface area contributed by atoms with Gasteiger partial charge >= 0.3 is 0 Å². The van der Waals surface area contributed by atoms with Crippen LogP contribution < -0.4 is 5.32 Å². The summed E-state index contributed by atoms with van der Waals surface area (Å²) in [5.41, 5.74) is 0.635. The van der Waals surface area contributed by atoms with E-state index < -0.39 is 6.29 Å². The van der Waals surface area contributed by atoms with Crippen LogP contribution in [-0.2, 0) is 14.3 Å². The van der Waals surface area contributed by atoms with Gasteiger partial charge in [0.1, 0.15) is 0 Å². The molecule has 3 atom stereocenters. The van der Waals surface area contributed by atoms with Crippen LogP contribution in [0.4, 0.5) is 5.69 Å². The van der Waals surface area contributed by atoms with Gasteiger partial charge in [-0.2, -0.15) is 0 Å². The molecule has 136 valence electrons. The van der Waals surface area contributed by atoms with E-state index in [1.807, 2.05) is 13.0 Å². The Kier molecular flexibility index (Phi) is 6.04. The van der Waals surface area contributed by atoms with Gasteiger partial charge in [-0.1, -0.05) is 0 Å². The number of amides is 1. The number of carbonyl (C=O) groups is 1. The molecule has 1 fully saturated rings. The molecule has 0 bridgehead atoms. The summed E-state index contributed by atoms with van der Waals surface area (Å²) < 4.78 is 11.7. The lowest BCUT2D eigenvalue weighted by Gasteiger charge is -2.37. The largest absolute Gasteiger partial charge is 0.459 e. The molecule has 1 amide bonds. The zero-order chi connectivity index (χ0) is 17.6. The molecule has 2 aliphatic rings. The van der Waals surface area contributed by atoms with Crippen molar-refractivity contribution < 1.29 is 19.4 Å². The average molecular weight is 346 g/mol. The van der Waals surface area contributed by atoms with Crippen LogP contribution in [-0.4, -0.2) is 35.5 Å². The second-order valence-corrected chi connectivity index (χ2v) is 6.61. The van der Waals surface area contributed by atoms with Crippen molar-refractivity contribution in [3.8, 4) is 0 Å². The molecule has 2 N–H and O–H groups in total. The van der Waals surface area contributed by atoms with Crippen LogP contribution in [0.25, 0.3) is 0 Å². The van der Waals surface area contributed by atoms with Gasteiger partial charge in [0.2, 0.25) is 6.29 Å². The molecule has 0 radical (unpaired) electrons. The number of aliphatic hydroxyl groups is 1. The number of carbonyl (C=O) groups excluding carboxylic acids is 1. The Labute approximate surface area is 148 Å². The van der Waals surface area contributed by atoms with Gasteiger partial charge in [-0.25, -0.2) is 0 Å². The van der Waals surface area contributed by atoms with Gasteiger partial charge in [-0.15, -0.1) is 0 Å². The van der Waals surface area contributed by atoms with Crippen LogP contribution in [0.3, 0.4) is 0 Å². The van der Waals surface area contributed by atoms with E-state index >= 15 is 0 Å². The zero-order valence-electron chi connectivity index (χ0n) is 14.6. The maximum Gasteiger partial charge on any atom is 0.290 e. The molecule has 6 nitrogen and oxygen atoms in total. The highest BCUT2D eigenvalue weighted by molar-refractivity contribution is 6.02. The lowest BCUT2D eigenvalue weighted by molar-refractivity contribution is -0.172. The van der Waals surface area contributed by atoms with Gasteiger partial charge in [0, 0.05) is 25.3 Å². The van der Waals surface area contributed by atoms with Crippen LogP contribution in [0.2, 0.25) is 0 Å². The monoisotopic (exact) mass is 346 g/mol. The first kappa shape index (κ1) is 17.9. The molecule has 0 aromatic carbocycles. The number of aliphatic hydroxyl groups excluding tert-OH is 1. The normalized spacial score (nSPS) is 25.8. The van der Waals surface area contributed by atoms with Crippen molar-refractivity contribution in [2.45, 2.75) is 38.9 Å². The van der Waals surface area contributed by atoms with E-state index in [-0.39, 0.29) is 24.3 Å². The Morgan fingerprint density at radius 2 is 2.32 bits per heavy atom. The minimum absolute atomic E-state index is 0.158. The van der Waals surface area contributed by atoms with E-state index in [9.17, 15) is 9.90 Å². The average Bonchev–Trinajstić information content (AvgIpc) is 3.46. The fourth-order valence-electron chi connectivity index (χ4n) is 3.43. The summed E-state index contributed by atoms with van der Waals surface area (Å²) in [6, 6.07) is 3.56. The maximum atomic E-state index is 12.6. The fourth-order valence-corrected chi connectivity index (χ4v) is 3.43. The number of ether oxygens (including phenoxy) is 2. The van der Waals surface area contributed by atoms with E-state index in [0.717, 1.165) is 6.42 Å². The van der Waals surface area contributed by atoms with Crippen molar-refractivity contribution in [2.75, 3.05) is 18.5 Å². The predicted molar refractivity (Wildman–Crippen MR) is 93.5 cm³/mol. The fraction of sp³-hybridized carbons (Fsp3) is 0.579. The van der Waals surface area contributed by atoms with Gasteiger partial charge in [0.05, 0.1) is 11.9 Å². The van der Waals surface area contributed by atoms with Crippen molar-refractivity contribution in [3.05, 3.63) is 36.4 Å². The highest BCUT2D eigenvalue weighted by Gasteiger charge is 2.43. The smallest absolute Gasteiger partial charge is 0.290 e. The van der Waals surface area contributed by atoms with Gasteiger partial charge in [0.25, 0.3) is 5.91 Å². The Balaban J connectivity index is 1.77. The summed E-state index contributed by atoms with van der Waals surface area (Å²) in [4.78, 5) is 16.6. The Morgan fingerprint density at radius 3 is 2.96 bits per heavy atom. The quantitative estimate of drug-likeness (QED) is 0.756. The molecule has 1 aromatic rings. The third-order valence-corrected chi connectivity index (χ3v) is 4.77. The summed E-state index contributed by atoms with van der Waals surface area (Å²) >= 11 is 0. The summed E-state index contributed by atoms with van der Waals surface area (Å²) in [6.07, 6.45) is 8.67. The van der Waals surface area contributed by atoms with Crippen LogP contribution >= 0.6 is 0 Å². The van der Waals surface area contributed by atoms with E-state index in [1.54, 1.807) is 24.5 Å². The lowest BCUT2D eigenvalue weighted by Crippen LogP contribution is -2.39. The molecule has 1 aliphatic heterocycles. The minimum atomic E-state index is -0.443. The number of aromatic nitrogens is 1. The van der Waals surface area contributed by atoms with Gasteiger partial charge in [-0.3, -0.25) is 9.78 Å². The minimum Gasteiger partial charge on any atom is -0.459 e. The van der Waals surface area contributed by atoms with Crippen molar-refractivity contribution in [1.82, 2.24) is 4.98 Å². The number of anilines is 1. The summed E-state index contributed by atoms with van der Waals surface area (Å²) in [6.45, 7) is 2.60. The first-order valence-corrected chi connectivity index (χ1v) is 9.05. The Bertz CT molecular complexity index is 601. The molecular formula is C19H26N2O4. The predicted octanol–water partition coefficient (Wildman–Crippen LogP) is 2.71. The summed E-state index contributed by atoms with van der Waals surface area (Å²) in [5, 5.41) is 12.0. The highest BCUT2D eigenvalue weighted by atomic mass is 16.7. The van der Waals surface area contributed by atoms with Crippen molar-refractivity contribution >= 4 is 11.6 Å². The molecule has 25 heavy (non-hydrogen) atoms. The molecule has 1 saturated carbocycles. The first-order valence-electron chi connectivity index (χ1n) is 9.05. The molecule has 2 heterocycles. The standard InChI is InChI=1S/C19H26N2O4/c1-2-24-19-15(6-4-10-22)16(13-7-8-13)11-17(25-19)18(23)21-14-5-3-9-20-12-14/h3,5,9,11-13,15-16,19,22H,2,4,6-8,10H2,1H3,(H,21,23)/t15-,16+,19+/m1/s1. The molecule has 3 rings (SSSR count). The van der Waals surface area contributed by atoms with Crippen LogP contribution in [0, 0.1) is 17.8 Å². The molecule has 1 aromatic heterocycles. The van der Waals surface area contributed by atoms with Gasteiger partial charge in [-0.05, 0) is 62.7 Å². The van der Waals surface area contributed by atoms with E-state index in [4.69, 9.17) is 9.47 Å². The third-order valence-electron chi connectivity index (χ3n) is 4.77. The number of nitrogens with zero attached hydrogens (tertiary/aromatic N) is 1. The van der Waals surface area contributed by atoms with Crippen LogP contribution in [0.15, 0.2) is 36.4 Å².